The van der Waals surface area contributed by atoms with E-state index in [0.717, 1.165) is 18.4 Å². The third-order valence-electron chi connectivity index (χ3n) is 3.80. The standard InChI is InChI=1S/C15H26N4/c1-12(2)10-19(14-5-3-4-6-14)11-13-7-8-15(18-16)17-9-13/h7-9,12,14H,3-6,10-11,16H2,1-2H3,(H,17,18). The quantitative estimate of drug-likeness (QED) is 0.611. The summed E-state index contributed by atoms with van der Waals surface area (Å²) < 4.78 is 0. The van der Waals surface area contributed by atoms with Gasteiger partial charge < -0.3 is 5.43 Å². The molecule has 1 aliphatic carbocycles. The molecule has 0 bridgehead atoms. The maximum atomic E-state index is 5.34. The van der Waals surface area contributed by atoms with Crippen molar-refractivity contribution in [2.24, 2.45) is 11.8 Å². The third-order valence-corrected chi connectivity index (χ3v) is 3.80. The lowest BCUT2D eigenvalue weighted by Crippen LogP contribution is -2.35. The van der Waals surface area contributed by atoms with Crippen LogP contribution in [0.4, 0.5) is 5.82 Å². The molecule has 4 nitrogen and oxygen atoms in total. The second-order valence-electron chi connectivity index (χ2n) is 5.96. The lowest BCUT2D eigenvalue weighted by atomic mass is 10.1. The molecule has 1 aliphatic rings. The maximum Gasteiger partial charge on any atom is 0.139 e. The average Bonchev–Trinajstić information content (AvgIpc) is 2.92. The van der Waals surface area contributed by atoms with Crippen molar-refractivity contribution in [3.8, 4) is 0 Å². The Bertz CT molecular complexity index is 368. The molecule has 1 aromatic heterocycles. The smallest absolute Gasteiger partial charge is 0.139 e. The number of rotatable bonds is 6. The van der Waals surface area contributed by atoms with Gasteiger partial charge in [-0.05, 0) is 30.4 Å². The van der Waals surface area contributed by atoms with Crippen LogP contribution >= 0.6 is 0 Å². The van der Waals surface area contributed by atoms with Crippen LogP contribution in [0.15, 0.2) is 18.3 Å². The van der Waals surface area contributed by atoms with Crippen LogP contribution < -0.4 is 11.3 Å². The maximum absolute atomic E-state index is 5.34. The molecule has 0 radical (unpaired) electrons. The van der Waals surface area contributed by atoms with E-state index in [1.54, 1.807) is 0 Å². The van der Waals surface area contributed by atoms with E-state index in [-0.39, 0.29) is 0 Å². The summed E-state index contributed by atoms with van der Waals surface area (Å²) in [7, 11) is 0. The van der Waals surface area contributed by atoms with Crippen molar-refractivity contribution in [2.75, 3.05) is 12.0 Å². The van der Waals surface area contributed by atoms with Crippen molar-refractivity contribution in [1.29, 1.82) is 0 Å². The Morgan fingerprint density at radius 3 is 2.63 bits per heavy atom. The molecule has 3 N–H and O–H groups in total. The fourth-order valence-corrected chi connectivity index (χ4v) is 2.92. The number of anilines is 1. The first-order valence-corrected chi connectivity index (χ1v) is 7.34. The number of hydrazine groups is 1. The molecule has 2 rings (SSSR count). The Hall–Kier alpha value is -1.13. The second-order valence-corrected chi connectivity index (χ2v) is 5.96. The first-order chi connectivity index (χ1) is 9.19. The van der Waals surface area contributed by atoms with Crippen molar-refractivity contribution in [3.63, 3.8) is 0 Å². The highest BCUT2D eigenvalue weighted by atomic mass is 15.2. The van der Waals surface area contributed by atoms with Gasteiger partial charge in [-0.15, -0.1) is 0 Å². The number of nitrogens with one attached hydrogen (secondary N) is 1. The normalized spacial score (nSPS) is 16.5. The fraction of sp³-hybridized carbons (Fsp3) is 0.667. The summed E-state index contributed by atoms with van der Waals surface area (Å²) in [4.78, 5) is 6.92. The van der Waals surface area contributed by atoms with Gasteiger partial charge in [0.1, 0.15) is 5.82 Å². The number of hydrogen-bond acceptors (Lipinski definition) is 4. The molecular weight excluding hydrogens is 236 g/mol. The highest BCUT2D eigenvalue weighted by Gasteiger charge is 2.23. The third kappa shape index (κ3) is 4.18. The van der Waals surface area contributed by atoms with E-state index in [1.807, 2.05) is 12.3 Å². The van der Waals surface area contributed by atoms with Crippen LogP contribution in [0.25, 0.3) is 0 Å². The van der Waals surface area contributed by atoms with Crippen LogP contribution in [0.1, 0.15) is 45.1 Å². The van der Waals surface area contributed by atoms with Gasteiger partial charge in [-0.2, -0.15) is 0 Å². The van der Waals surface area contributed by atoms with Crippen LogP contribution in [0.5, 0.6) is 0 Å². The molecule has 19 heavy (non-hydrogen) atoms. The van der Waals surface area contributed by atoms with Crippen molar-refractivity contribution in [1.82, 2.24) is 9.88 Å². The van der Waals surface area contributed by atoms with Crippen molar-refractivity contribution in [2.45, 2.75) is 52.1 Å². The lowest BCUT2D eigenvalue weighted by molar-refractivity contribution is 0.168. The van der Waals surface area contributed by atoms with E-state index in [1.165, 1.54) is 37.8 Å². The molecule has 0 unspecified atom stereocenters. The Morgan fingerprint density at radius 2 is 2.11 bits per heavy atom. The zero-order chi connectivity index (χ0) is 13.7. The van der Waals surface area contributed by atoms with Gasteiger partial charge in [-0.1, -0.05) is 32.8 Å². The number of aromatic nitrogens is 1. The summed E-state index contributed by atoms with van der Waals surface area (Å²) in [6.07, 6.45) is 7.39. The van der Waals surface area contributed by atoms with E-state index < -0.39 is 0 Å². The van der Waals surface area contributed by atoms with Crippen LogP contribution in [0.3, 0.4) is 0 Å². The van der Waals surface area contributed by atoms with Gasteiger partial charge in [0.25, 0.3) is 0 Å². The zero-order valence-electron chi connectivity index (χ0n) is 12.1. The molecule has 1 saturated carbocycles. The number of pyridine rings is 1. The molecule has 4 heteroatoms. The lowest BCUT2D eigenvalue weighted by Gasteiger charge is -2.30. The minimum absolute atomic E-state index is 0.707. The van der Waals surface area contributed by atoms with E-state index >= 15 is 0 Å². The van der Waals surface area contributed by atoms with Crippen LogP contribution in [-0.4, -0.2) is 22.5 Å². The van der Waals surface area contributed by atoms with Crippen molar-refractivity contribution >= 4 is 5.82 Å². The molecule has 0 amide bonds. The largest absolute Gasteiger partial charge is 0.308 e. The molecule has 1 heterocycles. The fourth-order valence-electron chi connectivity index (χ4n) is 2.92. The Balaban J connectivity index is 2.01. The molecule has 0 aliphatic heterocycles. The van der Waals surface area contributed by atoms with E-state index in [4.69, 9.17) is 5.84 Å². The SMILES string of the molecule is CC(C)CN(Cc1ccc(NN)nc1)C1CCCC1. The molecule has 0 aromatic carbocycles. The summed E-state index contributed by atoms with van der Waals surface area (Å²) in [5, 5.41) is 0. The van der Waals surface area contributed by atoms with Gasteiger partial charge >= 0.3 is 0 Å². The van der Waals surface area contributed by atoms with Crippen LogP contribution in [0, 0.1) is 5.92 Å². The average molecular weight is 262 g/mol. The van der Waals surface area contributed by atoms with E-state index in [9.17, 15) is 0 Å². The minimum Gasteiger partial charge on any atom is -0.308 e. The highest BCUT2D eigenvalue weighted by molar-refractivity contribution is 5.33. The predicted octanol–water partition coefficient (Wildman–Crippen LogP) is 2.77. The monoisotopic (exact) mass is 262 g/mol. The summed E-state index contributed by atoms with van der Waals surface area (Å²) in [6.45, 7) is 6.76. The molecule has 1 aromatic rings. The number of nitrogen functional groups attached to an aromatic ring is 1. The Morgan fingerprint density at radius 1 is 1.37 bits per heavy atom. The van der Waals surface area contributed by atoms with Crippen LogP contribution in [0.2, 0.25) is 0 Å². The first-order valence-electron chi connectivity index (χ1n) is 7.34. The van der Waals surface area contributed by atoms with Gasteiger partial charge in [0.15, 0.2) is 0 Å². The molecule has 0 spiro atoms. The summed E-state index contributed by atoms with van der Waals surface area (Å²) in [5.41, 5.74) is 3.84. The van der Waals surface area contributed by atoms with Gasteiger partial charge in [-0.3, -0.25) is 4.90 Å². The Kier molecular flexibility index (Phi) is 5.16. The Labute approximate surface area is 116 Å². The molecule has 0 saturated heterocycles. The van der Waals surface area contributed by atoms with Gasteiger partial charge in [0.2, 0.25) is 0 Å². The van der Waals surface area contributed by atoms with E-state index in [2.05, 4.69) is 35.2 Å². The minimum atomic E-state index is 0.707. The summed E-state index contributed by atoms with van der Waals surface area (Å²) in [6, 6.07) is 4.82. The molecule has 1 fully saturated rings. The van der Waals surface area contributed by atoms with Crippen molar-refractivity contribution < 1.29 is 0 Å². The van der Waals surface area contributed by atoms with Crippen LogP contribution in [-0.2, 0) is 6.54 Å². The van der Waals surface area contributed by atoms with Gasteiger partial charge in [0.05, 0.1) is 0 Å². The summed E-state index contributed by atoms with van der Waals surface area (Å²) in [5.74, 6) is 6.77. The molecular formula is C15H26N4. The molecule has 0 atom stereocenters. The van der Waals surface area contributed by atoms with Gasteiger partial charge in [-0.25, -0.2) is 10.8 Å². The predicted molar refractivity (Wildman–Crippen MR) is 79.6 cm³/mol. The second kappa shape index (κ2) is 6.87. The highest BCUT2D eigenvalue weighted by Crippen LogP contribution is 2.25. The first kappa shape index (κ1) is 14.3. The number of hydrogen-bond donors (Lipinski definition) is 2. The van der Waals surface area contributed by atoms with Crippen molar-refractivity contribution in [3.05, 3.63) is 23.9 Å². The number of nitrogens with two attached hydrogens (primary N) is 1. The van der Waals surface area contributed by atoms with E-state index in [0.29, 0.717) is 5.92 Å². The molecule has 106 valence electrons. The number of nitrogens with zero attached hydrogens (tertiary/aromatic N) is 2. The summed E-state index contributed by atoms with van der Waals surface area (Å²) >= 11 is 0. The zero-order valence-corrected chi connectivity index (χ0v) is 12.1. The van der Waals surface area contributed by atoms with Gasteiger partial charge in [0, 0.05) is 25.3 Å². The topological polar surface area (TPSA) is 54.2 Å².